The van der Waals surface area contributed by atoms with Crippen molar-refractivity contribution >= 4 is 15.5 Å². The van der Waals surface area contributed by atoms with Crippen molar-refractivity contribution in [1.82, 2.24) is 0 Å². The molecule has 0 bridgehead atoms. The summed E-state index contributed by atoms with van der Waals surface area (Å²) in [5, 5.41) is 11.6. The molecule has 3 rings (SSSR count). The maximum atomic E-state index is 13.3. The third kappa shape index (κ3) is 3.63. The summed E-state index contributed by atoms with van der Waals surface area (Å²) in [6.07, 6.45) is 2.35. The Bertz CT molecular complexity index is 895. The minimum Gasteiger partial charge on any atom is -0.399 e. The molecule has 3 N–H and O–H groups in total. The number of anilines is 1. The van der Waals surface area contributed by atoms with Crippen LogP contribution in [-0.2, 0) is 9.84 Å². The predicted molar refractivity (Wildman–Crippen MR) is 109 cm³/mol. The van der Waals surface area contributed by atoms with E-state index in [1.807, 2.05) is 37.3 Å². The molecule has 0 aromatic heterocycles. The molecule has 146 valence electrons. The molecule has 27 heavy (non-hydrogen) atoms. The van der Waals surface area contributed by atoms with Gasteiger partial charge in [-0.25, -0.2) is 8.42 Å². The molecule has 1 heterocycles. The van der Waals surface area contributed by atoms with Crippen LogP contribution in [0.1, 0.15) is 56.6 Å². The first kappa shape index (κ1) is 19.9. The second-order valence-corrected chi connectivity index (χ2v) is 9.67. The number of nitrogen functional groups attached to an aromatic ring is 1. The Morgan fingerprint density at radius 2 is 1.85 bits per heavy atom. The van der Waals surface area contributed by atoms with Crippen LogP contribution in [0.4, 0.5) is 5.69 Å². The number of hydrogen-bond acceptors (Lipinski definition) is 4. The van der Waals surface area contributed by atoms with Gasteiger partial charge in [-0.1, -0.05) is 57.0 Å². The van der Waals surface area contributed by atoms with Crippen molar-refractivity contribution in [3.05, 3.63) is 59.7 Å². The van der Waals surface area contributed by atoms with Gasteiger partial charge in [-0.3, -0.25) is 0 Å². The molecule has 3 atom stereocenters. The summed E-state index contributed by atoms with van der Waals surface area (Å²) in [5.74, 6) is -0.448. The fourth-order valence-corrected chi connectivity index (χ4v) is 6.67. The molecule has 1 aliphatic heterocycles. The molecule has 0 amide bonds. The monoisotopic (exact) mass is 387 g/mol. The lowest BCUT2D eigenvalue weighted by Gasteiger charge is -2.39. The van der Waals surface area contributed by atoms with Gasteiger partial charge in [-0.2, -0.15) is 0 Å². The van der Waals surface area contributed by atoms with Crippen LogP contribution in [0.25, 0.3) is 0 Å². The van der Waals surface area contributed by atoms with Crippen LogP contribution in [0.2, 0.25) is 0 Å². The van der Waals surface area contributed by atoms with Gasteiger partial charge in [0.15, 0.2) is 9.84 Å². The summed E-state index contributed by atoms with van der Waals surface area (Å²) < 4.78 is 26.6. The Morgan fingerprint density at radius 1 is 1.15 bits per heavy atom. The predicted octanol–water partition coefficient (Wildman–Crippen LogP) is 4.14. The van der Waals surface area contributed by atoms with Gasteiger partial charge in [0.05, 0.1) is 16.8 Å². The Hall–Kier alpha value is -1.85. The lowest BCUT2D eigenvalue weighted by Crippen LogP contribution is -2.42. The van der Waals surface area contributed by atoms with Crippen molar-refractivity contribution in [2.75, 3.05) is 11.5 Å². The molecular weight excluding hydrogens is 358 g/mol. The minimum absolute atomic E-state index is 0.0298. The van der Waals surface area contributed by atoms with Crippen molar-refractivity contribution in [3.8, 4) is 0 Å². The highest BCUT2D eigenvalue weighted by Gasteiger charge is 2.48. The quantitative estimate of drug-likeness (QED) is 0.756. The normalized spacial score (nSPS) is 26.9. The average Bonchev–Trinajstić information content (AvgIpc) is 2.72. The number of benzene rings is 2. The number of nitrogens with two attached hydrogens (primary N) is 1. The molecule has 0 spiro atoms. The average molecular weight is 388 g/mol. The van der Waals surface area contributed by atoms with Crippen molar-refractivity contribution in [2.45, 2.75) is 56.4 Å². The highest BCUT2D eigenvalue weighted by molar-refractivity contribution is 7.91. The van der Waals surface area contributed by atoms with Crippen LogP contribution in [0, 0.1) is 5.41 Å². The van der Waals surface area contributed by atoms with Crippen LogP contribution in [0.15, 0.2) is 53.4 Å². The second kappa shape index (κ2) is 7.64. The molecule has 0 aliphatic carbocycles. The SMILES string of the molecule is CCCC[C@]1(CC)CS(=O)(=O)c2ccc(N)cc2[C@H](c2ccccc2)C1O. The molecule has 5 heteroatoms. The highest BCUT2D eigenvalue weighted by atomic mass is 32.2. The number of aliphatic hydroxyl groups excluding tert-OH is 1. The Balaban J connectivity index is 2.28. The molecule has 0 saturated carbocycles. The van der Waals surface area contributed by atoms with E-state index in [2.05, 4.69) is 6.92 Å². The Morgan fingerprint density at radius 3 is 2.48 bits per heavy atom. The van der Waals surface area contributed by atoms with Gasteiger partial charge in [0, 0.05) is 17.0 Å². The number of fused-ring (bicyclic) bond motifs is 1. The number of hydrogen-bond donors (Lipinski definition) is 2. The number of aliphatic hydroxyl groups is 1. The van der Waals surface area contributed by atoms with Gasteiger partial charge >= 0.3 is 0 Å². The number of rotatable bonds is 5. The van der Waals surface area contributed by atoms with Crippen LogP contribution in [0.3, 0.4) is 0 Å². The van der Waals surface area contributed by atoms with Crippen LogP contribution < -0.4 is 5.73 Å². The fraction of sp³-hybridized carbons (Fsp3) is 0.455. The molecule has 0 saturated heterocycles. The third-order valence-corrected chi connectivity index (χ3v) is 8.01. The summed E-state index contributed by atoms with van der Waals surface area (Å²) in [5.41, 5.74) is 7.37. The van der Waals surface area contributed by atoms with Crippen molar-refractivity contribution < 1.29 is 13.5 Å². The van der Waals surface area contributed by atoms with Crippen molar-refractivity contribution in [3.63, 3.8) is 0 Å². The molecule has 0 radical (unpaired) electrons. The van der Waals surface area contributed by atoms with Gasteiger partial charge in [0.1, 0.15) is 0 Å². The molecule has 2 aromatic carbocycles. The number of unbranched alkanes of at least 4 members (excludes halogenated alkanes) is 1. The number of sulfone groups is 1. The van der Waals surface area contributed by atoms with Gasteiger partial charge in [-0.15, -0.1) is 0 Å². The van der Waals surface area contributed by atoms with E-state index in [9.17, 15) is 13.5 Å². The minimum atomic E-state index is -3.53. The van der Waals surface area contributed by atoms with Crippen molar-refractivity contribution in [2.24, 2.45) is 5.41 Å². The Kier molecular flexibility index (Phi) is 5.63. The maximum absolute atomic E-state index is 13.3. The summed E-state index contributed by atoms with van der Waals surface area (Å²) in [6, 6.07) is 14.6. The molecule has 1 aliphatic rings. The van der Waals surface area contributed by atoms with Gasteiger partial charge < -0.3 is 10.8 Å². The topological polar surface area (TPSA) is 80.4 Å². The first-order valence-corrected chi connectivity index (χ1v) is 11.3. The zero-order chi connectivity index (χ0) is 19.7. The van der Waals surface area contributed by atoms with E-state index >= 15 is 0 Å². The Labute approximate surface area is 162 Å². The standard InChI is InChI=1S/C22H29NO3S/c1-3-5-13-22(4-2)15-27(25,26)19-12-11-17(23)14-18(19)20(21(22)24)16-9-7-6-8-10-16/h6-12,14,20-21,24H,3-5,13,15,23H2,1-2H3/t20-,21?,22+/m0/s1. The highest BCUT2D eigenvalue weighted by Crippen LogP contribution is 2.48. The lowest BCUT2D eigenvalue weighted by molar-refractivity contribution is 0.0174. The first-order valence-electron chi connectivity index (χ1n) is 9.70. The van der Waals surface area contributed by atoms with Gasteiger partial charge in [0.2, 0.25) is 0 Å². The molecule has 2 aromatic rings. The van der Waals surface area contributed by atoms with Crippen LogP contribution >= 0.6 is 0 Å². The van der Waals surface area contributed by atoms with Crippen molar-refractivity contribution in [1.29, 1.82) is 0 Å². The van der Waals surface area contributed by atoms with Crippen LogP contribution in [-0.4, -0.2) is 25.4 Å². The fourth-order valence-electron chi connectivity index (χ4n) is 4.42. The largest absolute Gasteiger partial charge is 0.399 e. The summed E-state index contributed by atoms with van der Waals surface area (Å²) in [6.45, 7) is 4.08. The molecule has 0 fully saturated rings. The van der Waals surface area contributed by atoms with E-state index in [1.165, 1.54) is 0 Å². The van der Waals surface area contributed by atoms with E-state index in [1.54, 1.807) is 18.2 Å². The summed E-state index contributed by atoms with van der Waals surface area (Å²) >= 11 is 0. The molecule has 1 unspecified atom stereocenters. The van der Waals surface area contributed by atoms with Gasteiger partial charge in [-0.05, 0) is 42.2 Å². The lowest BCUT2D eigenvalue weighted by atomic mass is 9.69. The third-order valence-electron chi connectivity index (χ3n) is 6.02. The molecular formula is C22H29NO3S. The summed E-state index contributed by atoms with van der Waals surface area (Å²) in [7, 11) is -3.53. The van der Waals surface area contributed by atoms with E-state index in [0.29, 0.717) is 29.0 Å². The van der Waals surface area contributed by atoms with Crippen LogP contribution in [0.5, 0.6) is 0 Å². The van der Waals surface area contributed by atoms with E-state index in [4.69, 9.17) is 5.73 Å². The first-order chi connectivity index (χ1) is 12.8. The molecule has 4 nitrogen and oxygen atoms in total. The zero-order valence-corrected chi connectivity index (χ0v) is 16.9. The van der Waals surface area contributed by atoms with E-state index in [-0.39, 0.29) is 5.75 Å². The zero-order valence-electron chi connectivity index (χ0n) is 16.1. The summed E-state index contributed by atoms with van der Waals surface area (Å²) in [4.78, 5) is 0.302. The second-order valence-electron chi connectivity index (χ2n) is 7.71. The van der Waals surface area contributed by atoms with E-state index < -0.39 is 27.3 Å². The van der Waals surface area contributed by atoms with E-state index in [0.717, 1.165) is 18.4 Å². The maximum Gasteiger partial charge on any atom is 0.179 e. The smallest absolute Gasteiger partial charge is 0.179 e. The van der Waals surface area contributed by atoms with Gasteiger partial charge in [0.25, 0.3) is 0 Å².